The quantitative estimate of drug-likeness (QED) is 0.661. The number of carbonyl (C=O) groups is 1. The molecule has 0 aliphatic rings. The van der Waals surface area contributed by atoms with Gasteiger partial charge in [0.1, 0.15) is 0 Å². The van der Waals surface area contributed by atoms with E-state index in [9.17, 15) is 22.5 Å². The van der Waals surface area contributed by atoms with E-state index in [1.165, 1.54) is 0 Å². The van der Waals surface area contributed by atoms with Crippen LogP contribution < -0.4 is 0 Å². The van der Waals surface area contributed by atoms with Gasteiger partial charge in [-0.1, -0.05) is 13.8 Å². The molecule has 96 valence electrons. The fourth-order valence-corrected chi connectivity index (χ4v) is 2.20. The SMILES string of the molecule is CCCOP(=O)(OCCC)C(=O)C(F)(F)F. The van der Waals surface area contributed by atoms with Gasteiger partial charge in [0.2, 0.25) is 0 Å². The van der Waals surface area contributed by atoms with Gasteiger partial charge in [0, 0.05) is 0 Å². The Morgan fingerprint density at radius 3 is 1.75 bits per heavy atom. The van der Waals surface area contributed by atoms with Crippen LogP contribution in [-0.4, -0.2) is 24.9 Å². The van der Waals surface area contributed by atoms with Gasteiger partial charge < -0.3 is 9.05 Å². The highest BCUT2D eigenvalue weighted by Crippen LogP contribution is 2.53. The van der Waals surface area contributed by atoms with Crippen molar-refractivity contribution in [2.75, 3.05) is 13.2 Å². The van der Waals surface area contributed by atoms with E-state index >= 15 is 0 Å². The van der Waals surface area contributed by atoms with Crippen LogP contribution in [0.2, 0.25) is 0 Å². The van der Waals surface area contributed by atoms with Gasteiger partial charge in [-0.15, -0.1) is 0 Å². The minimum Gasteiger partial charge on any atom is -0.303 e. The molecule has 0 spiro atoms. The van der Waals surface area contributed by atoms with E-state index in [4.69, 9.17) is 0 Å². The van der Waals surface area contributed by atoms with E-state index in [0.29, 0.717) is 12.8 Å². The number of halogens is 3. The van der Waals surface area contributed by atoms with E-state index in [-0.39, 0.29) is 13.2 Å². The van der Waals surface area contributed by atoms with Gasteiger partial charge in [0.15, 0.2) is 0 Å². The van der Waals surface area contributed by atoms with Crippen molar-refractivity contribution in [2.45, 2.75) is 32.9 Å². The third-order valence-electron chi connectivity index (χ3n) is 1.42. The molecule has 0 bridgehead atoms. The zero-order valence-electron chi connectivity index (χ0n) is 9.04. The molecule has 0 N–H and O–H groups in total. The summed E-state index contributed by atoms with van der Waals surface area (Å²) in [5.74, 6) is 0. The summed E-state index contributed by atoms with van der Waals surface area (Å²) < 4.78 is 56.8. The maximum atomic E-state index is 12.1. The van der Waals surface area contributed by atoms with E-state index in [0.717, 1.165) is 0 Å². The second kappa shape index (κ2) is 6.37. The molecule has 0 amide bonds. The number of hydrogen-bond acceptors (Lipinski definition) is 4. The Balaban J connectivity index is 4.78. The van der Waals surface area contributed by atoms with Crippen molar-refractivity contribution in [3.63, 3.8) is 0 Å². The zero-order chi connectivity index (χ0) is 12.8. The first kappa shape index (κ1) is 15.6. The second-order valence-electron chi connectivity index (χ2n) is 2.97. The van der Waals surface area contributed by atoms with Crippen LogP contribution in [0, 0.1) is 0 Å². The van der Waals surface area contributed by atoms with Crippen molar-refractivity contribution in [1.82, 2.24) is 0 Å². The van der Waals surface area contributed by atoms with Gasteiger partial charge >= 0.3 is 19.3 Å². The van der Waals surface area contributed by atoms with Gasteiger partial charge in [0.05, 0.1) is 13.2 Å². The predicted molar refractivity (Wildman–Crippen MR) is 51.2 cm³/mol. The van der Waals surface area contributed by atoms with Crippen LogP contribution in [0.15, 0.2) is 0 Å². The highest BCUT2D eigenvalue weighted by Gasteiger charge is 2.53. The molecular formula is C8H14F3O4P. The number of carbonyl (C=O) groups excluding carboxylic acids is 1. The molecular weight excluding hydrogens is 248 g/mol. The Kier molecular flexibility index (Phi) is 6.22. The molecule has 0 aliphatic heterocycles. The molecule has 16 heavy (non-hydrogen) atoms. The van der Waals surface area contributed by atoms with Crippen molar-refractivity contribution in [2.24, 2.45) is 0 Å². The molecule has 0 heterocycles. The Bertz CT molecular complexity index is 265. The maximum absolute atomic E-state index is 12.1. The summed E-state index contributed by atoms with van der Waals surface area (Å²) >= 11 is 0. The summed E-state index contributed by atoms with van der Waals surface area (Å²) in [5, 5.41) is 0. The molecule has 0 rings (SSSR count). The molecule has 0 atom stereocenters. The number of alkyl halides is 3. The fourth-order valence-electron chi connectivity index (χ4n) is 0.733. The normalized spacial score (nSPS) is 12.8. The summed E-state index contributed by atoms with van der Waals surface area (Å²) in [6.45, 7) is 2.79. The lowest BCUT2D eigenvalue weighted by molar-refractivity contribution is -0.163. The van der Waals surface area contributed by atoms with Crippen molar-refractivity contribution < 1.29 is 31.6 Å². The van der Waals surface area contributed by atoms with Crippen LogP contribution in [0.25, 0.3) is 0 Å². The van der Waals surface area contributed by atoms with Crippen molar-refractivity contribution in [1.29, 1.82) is 0 Å². The van der Waals surface area contributed by atoms with Gasteiger partial charge in [0.25, 0.3) is 0 Å². The molecule has 8 heteroatoms. The van der Waals surface area contributed by atoms with Crippen LogP contribution >= 0.6 is 7.60 Å². The van der Waals surface area contributed by atoms with Crippen LogP contribution in [0.3, 0.4) is 0 Å². The average molecular weight is 262 g/mol. The standard InChI is InChI=1S/C8H14F3O4P/c1-3-5-14-16(13,15-6-4-2)7(12)8(9,10)11/h3-6H2,1-2H3. The first-order valence-corrected chi connectivity index (χ1v) is 6.33. The molecule has 0 saturated carbocycles. The molecule has 0 radical (unpaired) electrons. The molecule has 0 aliphatic carbocycles. The topological polar surface area (TPSA) is 52.6 Å². The Morgan fingerprint density at radius 2 is 1.50 bits per heavy atom. The highest BCUT2D eigenvalue weighted by molar-refractivity contribution is 7.72. The molecule has 0 saturated heterocycles. The molecule has 0 unspecified atom stereocenters. The third-order valence-corrected chi connectivity index (χ3v) is 3.22. The van der Waals surface area contributed by atoms with Crippen LogP contribution in [0.1, 0.15) is 26.7 Å². The molecule has 0 aromatic heterocycles. The predicted octanol–water partition coefficient (Wildman–Crippen LogP) is 3.12. The Morgan fingerprint density at radius 1 is 1.12 bits per heavy atom. The minimum atomic E-state index is -5.21. The summed E-state index contributed by atoms with van der Waals surface area (Å²) in [6, 6.07) is 0. The van der Waals surface area contributed by atoms with Crippen molar-refractivity contribution in [3.05, 3.63) is 0 Å². The first-order chi connectivity index (χ1) is 7.28. The van der Waals surface area contributed by atoms with Crippen LogP contribution in [0.5, 0.6) is 0 Å². The van der Waals surface area contributed by atoms with Gasteiger partial charge in [-0.3, -0.25) is 9.36 Å². The minimum absolute atomic E-state index is 0.219. The summed E-state index contributed by atoms with van der Waals surface area (Å²) in [7, 11) is -4.73. The van der Waals surface area contributed by atoms with E-state index in [2.05, 4.69) is 9.05 Å². The Hall–Kier alpha value is -0.390. The van der Waals surface area contributed by atoms with E-state index < -0.39 is 19.3 Å². The summed E-state index contributed by atoms with van der Waals surface area (Å²) in [4.78, 5) is 10.9. The smallest absolute Gasteiger partial charge is 0.303 e. The molecule has 0 fully saturated rings. The third kappa shape index (κ3) is 4.63. The zero-order valence-corrected chi connectivity index (χ0v) is 9.94. The first-order valence-electron chi connectivity index (χ1n) is 4.78. The van der Waals surface area contributed by atoms with Gasteiger partial charge in [-0.2, -0.15) is 13.2 Å². The highest BCUT2D eigenvalue weighted by atomic mass is 31.2. The fraction of sp³-hybridized carbons (Fsp3) is 0.875. The van der Waals surface area contributed by atoms with E-state index in [1.54, 1.807) is 13.8 Å². The lowest BCUT2D eigenvalue weighted by atomic mass is 10.5. The molecule has 4 nitrogen and oxygen atoms in total. The molecule has 0 aromatic rings. The van der Waals surface area contributed by atoms with E-state index in [1.807, 2.05) is 0 Å². The van der Waals surface area contributed by atoms with Crippen LogP contribution in [0.4, 0.5) is 13.2 Å². The summed E-state index contributed by atoms with van der Waals surface area (Å²) in [6.07, 6.45) is -4.54. The lowest BCUT2D eigenvalue weighted by Crippen LogP contribution is -2.25. The van der Waals surface area contributed by atoms with Gasteiger partial charge in [-0.05, 0) is 12.8 Å². The maximum Gasteiger partial charge on any atom is 0.462 e. The number of hydrogen-bond donors (Lipinski definition) is 0. The van der Waals surface area contributed by atoms with Crippen molar-refractivity contribution in [3.8, 4) is 0 Å². The monoisotopic (exact) mass is 262 g/mol. The number of rotatable bonds is 7. The average Bonchev–Trinajstić information content (AvgIpc) is 2.21. The lowest BCUT2D eigenvalue weighted by Gasteiger charge is -2.17. The second-order valence-corrected chi connectivity index (χ2v) is 4.88. The van der Waals surface area contributed by atoms with Crippen molar-refractivity contribution >= 4 is 13.1 Å². The molecule has 0 aromatic carbocycles. The Labute approximate surface area is 91.6 Å². The largest absolute Gasteiger partial charge is 0.462 e. The van der Waals surface area contributed by atoms with Crippen LogP contribution in [-0.2, 0) is 18.4 Å². The van der Waals surface area contributed by atoms with Gasteiger partial charge in [-0.25, -0.2) is 0 Å². The summed E-state index contributed by atoms with van der Waals surface area (Å²) in [5.41, 5.74) is -2.44.